The van der Waals surface area contributed by atoms with Crippen LogP contribution in [-0.4, -0.2) is 35.2 Å². The summed E-state index contributed by atoms with van der Waals surface area (Å²) in [5.74, 6) is -3.54. The predicted octanol–water partition coefficient (Wildman–Crippen LogP) is -0.366. The van der Waals surface area contributed by atoms with Crippen LogP contribution in [0.3, 0.4) is 0 Å². The second kappa shape index (κ2) is 7.03. The maximum absolute atomic E-state index is 11.6. The number of aliphatic carboxylic acids is 1. The highest BCUT2D eigenvalue weighted by atomic mass is 16.4. The number of hydrogen-bond donors (Lipinski definition) is 3. The number of amides is 2. The van der Waals surface area contributed by atoms with E-state index < -0.39 is 36.2 Å². The molecule has 1 aromatic rings. The molecule has 0 fully saturated rings. The third-order valence-corrected chi connectivity index (χ3v) is 2.41. The van der Waals surface area contributed by atoms with Gasteiger partial charge in [-0.15, -0.1) is 0 Å². The van der Waals surface area contributed by atoms with Crippen LogP contribution < -0.4 is 10.6 Å². The zero-order valence-corrected chi connectivity index (χ0v) is 10.8. The van der Waals surface area contributed by atoms with E-state index in [4.69, 9.17) is 5.11 Å². The van der Waals surface area contributed by atoms with Crippen LogP contribution in [0.5, 0.6) is 0 Å². The number of benzene rings is 1. The second-order valence-corrected chi connectivity index (χ2v) is 3.99. The average molecular weight is 278 g/mol. The lowest BCUT2D eigenvalue weighted by atomic mass is 10.1. The van der Waals surface area contributed by atoms with E-state index in [1.54, 1.807) is 30.3 Å². The molecule has 2 amide bonds. The first-order valence-corrected chi connectivity index (χ1v) is 5.77. The Morgan fingerprint density at radius 3 is 2.25 bits per heavy atom. The first kappa shape index (κ1) is 15.4. The van der Waals surface area contributed by atoms with E-state index in [-0.39, 0.29) is 0 Å². The molecule has 1 unspecified atom stereocenters. The van der Waals surface area contributed by atoms with Gasteiger partial charge in [0.2, 0.25) is 11.7 Å². The van der Waals surface area contributed by atoms with Crippen molar-refractivity contribution in [2.75, 3.05) is 6.54 Å². The molecule has 0 aliphatic carbocycles. The lowest BCUT2D eigenvalue weighted by molar-refractivity contribution is -0.142. The minimum Gasteiger partial charge on any atom is -0.479 e. The van der Waals surface area contributed by atoms with E-state index in [2.05, 4.69) is 10.6 Å². The number of ketones is 1. The lowest BCUT2D eigenvalue weighted by Crippen LogP contribution is -2.42. The van der Waals surface area contributed by atoms with Gasteiger partial charge in [-0.05, 0) is 5.56 Å². The van der Waals surface area contributed by atoms with E-state index in [0.29, 0.717) is 5.56 Å². The van der Waals surface area contributed by atoms with E-state index in [9.17, 15) is 19.2 Å². The normalized spacial score (nSPS) is 11.2. The molecule has 0 saturated carbocycles. The fourth-order valence-electron chi connectivity index (χ4n) is 1.43. The van der Waals surface area contributed by atoms with Gasteiger partial charge >= 0.3 is 5.97 Å². The van der Waals surface area contributed by atoms with Gasteiger partial charge in [-0.1, -0.05) is 30.3 Å². The second-order valence-electron chi connectivity index (χ2n) is 3.99. The van der Waals surface area contributed by atoms with Crippen LogP contribution >= 0.6 is 0 Å². The van der Waals surface area contributed by atoms with Crippen molar-refractivity contribution in [2.45, 2.75) is 13.0 Å². The highest BCUT2D eigenvalue weighted by molar-refractivity contribution is 6.35. The summed E-state index contributed by atoms with van der Waals surface area (Å²) in [5, 5.41) is 13.4. The summed E-state index contributed by atoms with van der Waals surface area (Å²) in [4.78, 5) is 44.3. The molecule has 0 heterocycles. The Hall–Kier alpha value is -2.70. The molecule has 1 rings (SSSR count). The Morgan fingerprint density at radius 1 is 1.15 bits per heavy atom. The highest BCUT2D eigenvalue weighted by Crippen LogP contribution is 2.12. The van der Waals surface area contributed by atoms with Crippen molar-refractivity contribution < 1.29 is 24.3 Å². The molecule has 0 saturated heterocycles. The van der Waals surface area contributed by atoms with E-state index >= 15 is 0 Å². The van der Waals surface area contributed by atoms with Crippen LogP contribution in [0.25, 0.3) is 0 Å². The number of nitrogens with one attached hydrogen (secondary N) is 2. The number of rotatable bonds is 6. The Kier molecular flexibility index (Phi) is 5.40. The summed E-state index contributed by atoms with van der Waals surface area (Å²) >= 11 is 0. The van der Waals surface area contributed by atoms with Gasteiger partial charge in [0.05, 0.1) is 6.54 Å². The number of carboxylic acid groups (broad SMARTS) is 1. The van der Waals surface area contributed by atoms with Crippen molar-refractivity contribution in [1.82, 2.24) is 10.6 Å². The van der Waals surface area contributed by atoms with E-state index in [0.717, 1.165) is 6.92 Å². The van der Waals surface area contributed by atoms with Gasteiger partial charge in [0, 0.05) is 6.92 Å². The van der Waals surface area contributed by atoms with Gasteiger partial charge in [-0.2, -0.15) is 0 Å². The molecule has 0 aliphatic heterocycles. The molecule has 20 heavy (non-hydrogen) atoms. The molecule has 3 N–H and O–H groups in total. The predicted molar refractivity (Wildman–Crippen MR) is 68.7 cm³/mol. The van der Waals surface area contributed by atoms with Crippen LogP contribution in [0, 0.1) is 0 Å². The summed E-state index contributed by atoms with van der Waals surface area (Å²) in [7, 11) is 0. The maximum atomic E-state index is 11.6. The summed E-state index contributed by atoms with van der Waals surface area (Å²) < 4.78 is 0. The van der Waals surface area contributed by atoms with Crippen LogP contribution in [0.15, 0.2) is 30.3 Å². The minimum absolute atomic E-state index is 0.409. The summed E-state index contributed by atoms with van der Waals surface area (Å²) in [6.07, 6.45) is 0. The molecular weight excluding hydrogens is 264 g/mol. The van der Waals surface area contributed by atoms with Gasteiger partial charge in [-0.25, -0.2) is 4.79 Å². The molecule has 0 spiro atoms. The van der Waals surface area contributed by atoms with Crippen LogP contribution in [0.2, 0.25) is 0 Å². The smallest absolute Gasteiger partial charge is 0.330 e. The fraction of sp³-hybridized carbons (Fsp3) is 0.231. The molecule has 1 atom stereocenters. The largest absolute Gasteiger partial charge is 0.479 e. The zero-order chi connectivity index (χ0) is 15.1. The first-order valence-electron chi connectivity index (χ1n) is 5.77. The lowest BCUT2D eigenvalue weighted by Gasteiger charge is -2.14. The Morgan fingerprint density at radius 2 is 1.75 bits per heavy atom. The van der Waals surface area contributed by atoms with Crippen molar-refractivity contribution >= 4 is 23.6 Å². The Balaban J connectivity index is 2.63. The fourth-order valence-corrected chi connectivity index (χ4v) is 1.43. The average Bonchev–Trinajstić information content (AvgIpc) is 2.42. The quantitative estimate of drug-likeness (QED) is 0.615. The van der Waals surface area contributed by atoms with Gasteiger partial charge in [0.15, 0.2) is 6.04 Å². The van der Waals surface area contributed by atoms with Crippen LogP contribution in [0.1, 0.15) is 18.5 Å². The van der Waals surface area contributed by atoms with Gasteiger partial charge in [-0.3, -0.25) is 14.4 Å². The van der Waals surface area contributed by atoms with E-state index in [1.165, 1.54) is 0 Å². The van der Waals surface area contributed by atoms with Crippen molar-refractivity contribution in [2.24, 2.45) is 0 Å². The van der Waals surface area contributed by atoms with Crippen LogP contribution in [-0.2, 0) is 19.2 Å². The topological polar surface area (TPSA) is 113 Å². The molecule has 1 aromatic carbocycles. The number of carbonyl (C=O) groups is 4. The number of carbonyl (C=O) groups excluding carboxylic acids is 3. The zero-order valence-electron chi connectivity index (χ0n) is 10.8. The van der Waals surface area contributed by atoms with Crippen LogP contribution in [0.4, 0.5) is 0 Å². The SMILES string of the molecule is CC(=O)C(=O)NCC(=O)NC(C(=O)O)c1ccccc1. The molecular formula is C13H14N2O5. The monoisotopic (exact) mass is 278 g/mol. The van der Waals surface area contributed by atoms with Gasteiger partial charge in [0.25, 0.3) is 5.91 Å². The molecule has 7 nitrogen and oxygen atoms in total. The molecule has 7 heteroatoms. The number of Topliss-reactive ketones (excluding diaryl/α,β-unsaturated/α-hetero) is 1. The van der Waals surface area contributed by atoms with Crippen molar-refractivity contribution in [3.05, 3.63) is 35.9 Å². The maximum Gasteiger partial charge on any atom is 0.330 e. The first-order chi connectivity index (χ1) is 9.41. The summed E-state index contributed by atoms with van der Waals surface area (Å²) in [6.45, 7) is 0.603. The van der Waals surface area contributed by atoms with Crippen molar-refractivity contribution in [3.63, 3.8) is 0 Å². The highest BCUT2D eigenvalue weighted by Gasteiger charge is 2.22. The molecule has 0 aliphatic rings. The van der Waals surface area contributed by atoms with Crippen molar-refractivity contribution in [1.29, 1.82) is 0 Å². The van der Waals surface area contributed by atoms with E-state index in [1.807, 2.05) is 0 Å². The number of carboxylic acids is 1. The van der Waals surface area contributed by atoms with Gasteiger partial charge in [0.1, 0.15) is 0 Å². The summed E-state index contributed by atoms with van der Waals surface area (Å²) in [6, 6.07) is 6.93. The Labute approximate surface area is 115 Å². The molecule has 0 bridgehead atoms. The molecule has 106 valence electrons. The van der Waals surface area contributed by atoms with Gasteiger partial charge < -0.3 is 15.7 Å². The number of hydrogen-bond acceptors (Lipinski definition) is 4. The standard InChI is InChI=1S/C13H14N2O5/c1-8(16)12(18)14-7-10(17)15-11(13(19)20)9-5-3-2-4-6-9/h2-6,11H,7H2,1H3,(H,14,18)(H,15,17)(H,19,20). The molecule has 0 aromatic heterocycles. The molecule has 0 radical (unpaired) electrons. The van der Waals surface area contributed by atoms with Crippen molar-refractivity contribution in [3.8, 4) is 0 Å². The minimum atomic E-state index is -1.22. The summed E-state index contributed by atoms with van der Waals surface area (Å²) in [5.41, 5.74) is 0.409. The third kappa shape index (κ3) is 4.52. The Bertz CT molecular complexity index is 527. The third-order valence-electron chi connectivity index (χ3n) is 2.41.